The van der Waals surface area contributed by atoms with Crippen LogP contribution in [0.25, 0.3) is 23.0 Å². The predicted octanol–water partition coefficient (Wildman–Crippen LogP) is 5.32. The summed E-state index contributed by atoms with van der Waals surface area (Å²) in [6, 6.07) is 17.8. The van der Waals surface area contributed by atoms with Crippen LogP contribution in [0, 0.1) is 0 Å². The van der Waals surface area contributed by atoms with Crippen molar-refractivity contribution >= 4 is 40.3 Å². The van der Waals surface area contributed by atoms with E-state index in [-0.39, 0.29) is 12.0 Å². The number of ether oxygens (including phenoxy) is 2. The number of carbonyl (C=O) groups excluding carboxylic acids is 1. The fraction of sp³-hybridized carbons (Fsp3) is 0.269. The first-order valence-corrected chi connectivity index (χ1v) is 12.6. The number of thiocarbonyl (C=S) groups is 1. The van der Waals surface area contributed by atoms with E-state index in [9.17, 15) is 4.79 Å². The second-order valence-corrected chi connectivity index (χ2v) is 9.77. The van der Waals surface area contributed by atoms with Gasteiger partial charge in [0.15, 0.2) is 0 Å². The average molecular weight is 492 g/mol. The van der Waals surface area contributed by atoms with Crippen LogP contribution in [0.15, 0.2) is 65.7 Å². The molecule has 1 atom stereocenters. The van der Waals surface area contributed by atoms with Crippen LogP contribution in [0.1, 0.15) is 25.3 Å². The molecule has 8 heteroatoms. The molecule has 2 aromatic carbocycles. The van der Waals surface area contributed by atoms with Gasteiger partial charge in [0, 0.05) is 23.9 Å². The van der Waals surface area contributed by atoms with Crippen molar-refractivity contribution in [1.29, 1.82) is 0 Å². The van der Waals surface area contributed by atoms with E-state index in [1.54, 1.807) is 4.90 Å². The van der Waals surface area contributed by atoms with E-state index in [0.717, 1.165) is 47.7 Å². The Kier molecular flexibility index (Phi) is 6.80. The molecule has 6 nitrogen and oxygen atoms in total. The molecule has 0 spiro atoms. The summed E-state index contributed by atoms with van der Waals surface area (Å²) < 4.78 is 13.7. The Hall–Kier alpha value is -2.94. The lowest BCUT2D eigenvalue weighted by Gasteiger charge is -2.18. The number of nitrogens with zero attached hydrogens (tertiary/aromatic N) is 3. The summed E-state index contributed by atoms with van der Waals surface area (Å²) in [5.41, 5.74) is 3.53. The first-order valence-electron chi connectivity index (χ1n) is 11.4. The van der Waals surface area contributed by atoms with Crippen molar-refractivity contribution in [1.82, 2.24) is 14.7 Å². The Morgan fingerprint density at radius 2 is 2.00 bits per heavy atom. The van der Waals surface area contributed by atoms with Gasteiger partial charge >= 0.3 is 0 Å². The van der Waals surface area contributed by atoms with Crippen LogP contribution < -0.4 is 4.74 Å². The number of thioether (sulfide) groups is 1. The molecule has 0 radical (unpaired) electrons. The SMILES string of the molecule is CCOc1ccc(-c2nn(-c3ccccc3)cc2/C=C2/SC(=S)N(CC3CCCO3)C2=O)cc1. The van der Waals surface area contributed by atoms with Gasteiger partial charge in [-0.05, 0) is 62.2 Å². The van der Waals surface area contributed by atoms with E-state index in [0.29, 0.717) is 22.4 Å². The van der Waals surface area contributed by atoms with Gasteiger partial charge in [0.2, 0.25) is 0 Å². The van der Waals surface area contributed by atoms with Crippen LogP contribution in [0.2, 0.25) is 0 Å². The smallest absolute Gasteiger partial charge is 0.266 e. The highest BCUT2D eigenvalue weighted by Crippen LogP contribution is 2.36. The number of hydrogen-bond donors (Lipinski definition) is 0. The first kappa shape index (κ1) is 22.8. The zero-order valence-electron chi connectivity index (χ0n) is 18.8. The van der Waals surface area contributed by atoms with Crippen LogP contribution in [-0.2, 0) is 9.53 Å². The molecule has 3 heterocycles. The minimum atomic E-state index is -0.0735. The monoisotopic (exact) mass is 491 g/mol. The minimum Gasteiger partial charge on any atom is -0.494 e. The fourth-order valence-electron chi connectivity index (χ4n) is 4.10. The van der Waals surface area contributed by atoms with Crippen molar-refractivity contribution in [3.05, 3.63) is 71.3 Å². The number of aromatic nitrogens is 2. The number of hydrogen-bond acceptors (Lipinski definition) is 6. The van der Waals surface area contributed by atoms with Gasteiger partial charge in [-0.1, -0.05) is 42.2 Å². The normalized spacial score (nSPS) is 19.4. The summed E-state index contributed by atoms with van der Waals surface area (Å²) in [6.07, 6.45) is 5.89. The van der Waals surface area contributed by atoms with Crippen LogP contribution >= 0.6 is 24.0 Å². The number of rotatable bonds is 7. The highest BCUT2D eigenvalue weighted by Gasteiger charge is 2.35. The van der Waals surface area contributed by atoms with Crippen LogP contribution in [0.5, 0.6) is 5.75 Å². The molecule has 0 aliphatic carbocycles. The largest absolute Gasteiger partial charge is 0.494 e. The van der Waals surface area contributed by atoms with Gasteiger partial charge in [0.25, 0.3) is 5.91 Å². The van der Waals surface area contributed by atoms with E-state index in [4.69, 9.17) is 26.8 Å². The summed E-state index contributed by atoms with van der Waals surface area (Å²) >= 11 is 6.86. The molecular weight excluding hydrogens is 466 g/mol. The van der Waals surface area contributed by atoms with E-state index in [2.05, 4.69) is 0 Å². The highest BCUT2D eigenvalue weighted by atomic mass is 32.2. The molecule has 2 aliphatic rings. The predicted molar refractivity (Wildman–Crippen MR) is 139 cm³/mol. The summed E-state index contributed by atoms with van der Waals surface area (Å²) in [6.45, 7) is 3.83. The lowest BCUT2D eigenvalue weighted by atomic mass is 10.1. The van der Waals surface area contributed by atoms with Gasteiger partial charge in [-0.25, -0.2) is 4.68 Å². The minimum absolute atomic E-state index is 0.0575. The van der Waals surface area contributed by atoms with E-state index in [1.807, 2.05) is 78.5 Å². The third-order valence-electron chi connectivity index (χ3n) is 5.77. The zero-order chi connectivity index (χ0) is 23.5. The molecule has 174 valence electrons. The van der Waals surface area contributed by atoms with Gasteiger partial charge < -0.3 is 9.47 Å². The number of benzene rings is 2. The first-order chi connectivity index (χ1) is 16.6. The van der Waals surface area contributed by atoms with Crippen LogP contribution in [-0.4, -0.2) is 50.8 Å². The Morgan fingerprint density at radius 3 is 2.71 bits per heavy atom. The number of amides is 1. The third kappa shape index (κ3) is 4.80. The van der Waals surface area contributed by atoms with Crippen molar-refractivity contribution in [2.45, 2.75) is 25.9 Å². The fourth-order valence-corrected chi connectivity index (χ4v) is 5.36. The Morgan fingerprint density at radius 1 is 1.21 bits per heavy atom. The van der Waals surface area contributed by atoms with Gasteiger partial charge in [-0.15, -0.1) is 0 Å². The van der Waals surface area contributed by atoms with Crippen molar-refractivity contribution in [2.75, 3.05) is 19.8 Å². The zero-order valence-corrected chi connectivity index (χ0v) is 20.5. The van der Waals surface area contributed by atoms with Crippen molar-refractivity contribution in [2.24, 2.45) is 0 Å². The lowest BCUT2D eigenvalue weighted by Crippen LogP contribution is -2.35. The topological polar surface area (TPSA) is 56.6 Å². The molecule has 2 fully saturated rings. The Balaban J connectivity index is 1.49. The van der Waals surface area contributed by atoms with Crippen LogP contribution in [0.4, 0.5) is 0 Å². The average Bonchev–Trinajstić information content (AvgIpc) is 3.58. The summed E-state index contributed by atoms with van der Waals surface area (Å²) in [5, 5.41) is 4.86. The summed E-state index contributed by atoms with van der Waals surface area (Å²) in [5.74, 6) is 0.737. The van der Waals surface area contributed by atoms with Crippen molar-refractivity contribution in [3.8, 4) is 22.7 Å². The van der Waals surface area contributed by atoms with E-state index < -0.39 is 0 Å². The molecule has 1 amide bonds. The maximum absolute atomic E-state index is 13.2. The number of carbonyl (C=O) groups is 1. The standard InChI is InChI=1S/C26H25N3O3S2/c1-2-31-21-12-10-18(11-13-21)24-19(16-29(27-24)20-7-4-3-5-8-20)15-23-25(30)28(26(33)34-23)17-22-9-6-14-32-22/h3-5,7-8,10-13,15-16,22H,2,6,9,14,17H2,1H3/b23-15+. The molecule has 5 rings (SSSR count). The van der Waals surface area contributed by atoms with E-state index in [1.165, 1.54) is 11.8 Å². The van der Waals surface area contributed by atoms with Gasteiger partial charge in [-0.2, -0.15) is 5.10 Å². The second-order valence-electron chi connectivity index (χ2n) is 8.10. The van der Waals surface area contributed by atoms with Gasteiger partial charge in [0.05, 0.1) is 35.5 Å². The van der Waals surface area contributed by atoms with Crippen molar-refractivity contribution < 1.29 is 14.3 Å². The molecule has 1 aromatic heterocycles. The molecule has 0 N–H and O–H groups in total. The second kappa shape index (κ2) is 10.1. The maximum atomic E-state index is 13.2. The molecule has 1 unspecified atom stereocenters. The highest BCUT2D eigenvalue weighted by molar-refractivity contribution is 8.26. The molecular formula is C26H25N3O3S2. The molecule has 3 aromatic rings. The van der Waals surface area contributed by atoms with Gasteiger partial charge in [0.1, 0.15) is 10.1 Å². The maximum Gasteiger partial charge on any atom is 0.266 e. The van der Waals surface area contributed by atoms with Crippen molar-refractivity contribution in [3.63, 3.8) is 0 Å². The number of para-hydroxylation sites is 1. The third-order valence-corrected chi connectivity index (χ3v) is 7.15. The molecule has 2 aliphatic heterocycles. The summed E-state index contributed by atoms with van der Waals surface area (Å²) in [4.78, 5) is 15.5. The lowest BCUT2D eigenvalue weighted by molar-refractivity contribution is -0.123. The quantitative estimate of drug-likeness (QED) is 0.329. The molecule has 2 saturated heterocycles. The molecule has 0 saturated carbocycles. The molecule has 0 bridgehead atoms. The Labute approximate surface area is 208 Å². The van der Waals surface area contributed by atoms with E-state index >= 15 is 0 Å². The summed E-state index contributed by atoms with van der Waals surface area (Å²) in [7, 11) is 0. The van der Waals surface area contributed by atoms with Gasteiger partial charge in [-0.3, -0.25) is 9.69 Å². The van der Waals surface area contributed by atoms with Crippen LogP contribution in [0.3, 0.4) is 0 Å². The molecule has 34 heavy (non-hydrogen) atoms. The Bertz CT molecular complexity index is 1220.